The molecule has 1 aromatic rings. The Labute approximate surface area is 329 Å². The molecule has 2 heterocycles. The summed E-state index contributed by atoms with van der Waals surface area (Å²) in [6, 6.07) is 2.82. The fourth-order valence-electron chi connectivity index (χ4n) is 7.40. The van der Waals surface area contributed by atoms with Gasteiger partial charge in [-0.2, -0.15) is 0 Å². The van der Waals surface area contributed by atoms with E-state index in [1.807, 2.05) is 26.8 Å². The number of benzene rings is 1. The third kappa shape index (κ3) is 12.9. The number of hydrogen-bond acceptors (Lipinski definition) is 9. The van der Waals surface area contributed by atoms with Crippen molar-refractivity contribution in [2.45, 2.75) is 134 Å². The second kappa shape index (κ2) is 22.3. The molecule has 0 spiro atoms. The first-order valence-corrected chi connectivity index (χ1v) is 19.9. The Bertz CT molecular complexity index is 1490. The number of thiocarbonyl (C=S) groups is 1. The molecule has 306 valence electrons. The summed E-state index contributed by atoms with van der Waals surface area (Å²) in [5, 5.41) is 21.1. The molecule has 17 heteroatoms. The van der Waals surface area contributed by atoms with Gasteiger partial charge in [0.1, 0.15) is 36.3 Å². The number of carboxylic acid groups (broad SMARTS) is 1. The number of carbonyl (C=O) groups excluding carboxylic acids is 5. The molecule has 2 fully saturated rings. The summed E-state index contributed by atoms with van der Waals surface area (Å²) in [4.78, 5) is 84.6. The van der Waals surface area contributed by atoms with Crippen molar-refractivity contribution >= 4 is 52.8 Å². The zero-order valence-corrected chi connectivity index (χ0v) is 33.2. The molecular formula is C38H61N9O7S. The van der Waals surface area contributed by atoms with E-state index >= 15 is 0 Å². The van der Waals surface area contributed by atoms with Gasteiger partial charge >= 0.3 is 5.97 Å². The van der Waals surface area contributed by atoms with E-state index in [4.69, 9.17) is 29.4 Å². The molecule has 5 amide bonds. The molecule has 0 bridgehead atoms. The van der Waals surface area contributed by atoms with Crippen molar-refractivity contribution in [2.24, 2.45) is 23.1 Å². The van der Waals surface area contributed by atoms with Crippen molar-refractivity contribution in [2.75, 3.05) is 19.6 Å². The number of hydrogen-bond donors (Lipinski definition) is 8. The van der Waals surface area contributed by atoms with Crippen LogP contribution in [0.3, 0.4) is 0 Å². The van der Waals surface area contributed by atoms with E-state index in [1.165, 1.54) is 4.90 Å². The SMILES string of the molecule is CC[C@H](C)[C@@H](C(=O)N[C@@H](CCCCN)C(=O)N[C@@H](CCCCN)C(=O)N1CCC[C@H]1C(=O)N[C@@H](Cc1ccccc1)C(=O)O)N1C(=O)[C@@H](NC(N)=S)CC1C. The molecule has 1 aromatic carbocycles. The fourth-order valence-corrected chi connectivity index (χ4v) is 7.54. The summed E-state index contributed by atoms with van der Waals surface area (Å²) in [6.45, 7) is 6.63. The number of nitrogens with zero attached hydrogens (tertiary/aromatic N) is 2. The van der Waals surface area contributed by atoms with Gasteiger partial charge in [-0.15, -0.1) is 0 Å². The largest absolute Gasteiger partial charge is 0.480 e. The highest BCUT2D eigenvalue weighted by Crippen LogP contribution is 2.27. The van der Waals surface area contributed by atoms with Crippen molar-refractivity contribution < 1.29 is 33.9 Å². The van der Waals surface area contributed by atoms with E-state index in [0.717, 1.165) is 5.56 Å². The molecule has 2 aliphatic rings. The first-order valence-electron chi connectivity index (χ1n) is 19.5. The van der Waals surface area contributed by atoms with Crippen LogP contribution in [0.15, 0.2) is 30.3 Å². The zero-order chi connectivity index (χ0) is 40.7. The summed E-state index contributed by atoms with van der Waals surface area (Å²) in [5.74, 6) is -3.91. The Morgan fingerprint density at radius 1 is 0.927 bits per heavy atom. The lowest BCUT2D eigenvalue weighted by molar-refractivity contribution is -0.145. The molecule has 2 saturated heterocycles. The van der Waals surface area contributed by atoms with E-state index in [1.54, 1.807) is 29.2 Å². The van der Waals surface area contributed by atoms with Gasteiger partial charge in [0.25, 0.3) is 0 Å². The molecule has 2 aliphatic heterocycles. The Morgan fingerprint density at radius 3 is 2.13 bits per heavy atom. The number of carboxylic acids is 1. The van der Waals surface area contributed by atoms with Gasteiger partial charge in [0.2, 0.25) is 29.5 Å². The maximum Gasteiger partial charge on any atom is 0.326 e. The number of likely N-dealkylation sites (tertiary alicyclic amines) is 2. The Morgan fingerprint density at radius 2 is 1.55 bits per heavy atom. The average Bonchev–Trinajstić information content (AvgIpc) is 3.74. The van der Waals surface area contributed by atoms with Crippen LogP contribution in [0.2, 0.25) is 0 Å². The number of nitrogens with two attached hydrogens (primary N) is 3. The van der Waals surface area contributed by atoms with Gasteiger partial charge in [-0.1, -0.05) is 50.6 Å². The maximum absolute atomic E-state index is 14.2. The normalized spacial score (nSPS) is 20.9. The molecule has 16 nitrogen and oxygen atoms in total. The molecule has 1 unspecified atom stereocenters. The van der Waals surface area contributed by atoms with Gasteiger partial charge in [-0.3, -0.25) is 24.0 Å². The molecule has 0 aromatic heterocycles. The van der Waals surface area contributed by atoms with Crippen LogP contribution in [0, 0.1) is 5.92 Å². The van der Waals surface area contributed by atoms with E-state index in [9.17, 15) is 33.9 Å². The van der Waals surface area contributed by atoms with Gasteiger partial charge in [0.15, 0.2) is 5.11 Å². The van der Waals surface area contributed by atoms with Crippen LogP contribution in [0.1, 0.15) is 90.5 Å². The Balaban J connectivity index is 1.82. The first kappa shape index (κ1) is 45.0. The number of unbranched alkanes of at least 4 members (excludes halogenated alkanes) is 2. The topological polar surface area (TPSA) is 255 Å². The lowest BCUT2D eigenvalue weighted by Gasteiger charge is -2.35. The van der Waals surface area contributed by atoms with E-state index < -0.39 is 65.8 Å². The van der Waals surface area contributed by atoms with Crippen LogP contribution in [0.5, 0.6) is 0 Å². The lowest BCUT2D eigenvalue weighted by Crippen LogP contribution is -2.60. The average molecular weight is 788 g/mol. The van der Waals surface area contributed by atoms with Gasteiger partial charge in [-0.25, -0.2) is 4.79 Å². The standard InChI is InChI=1S/C38H61N9O7S/c1-4-23(2)31(47-24(3)21-28(36(47)52)45-38(41)55)34(50)42-26(15-8-10-18-39)32(48)43-27(16-9-11-19-40)35(51)46-20-12-17-30(46)33(49)44-29(37(53)54)22-25-13-6-5-7-14-25/h5-7,13-14,23-24,26-31H,4,8-12,15-22,39-40H2,1-3H3,(H,42,50)(H,43,48)(H,44,49)(H,53,54)(H3,41,45,55)/t23-,24?,26-,27-,28-,29-,30-,31-/m0/s1. The molecule has 11 N–H and O–H groups in total. The van der Waals surface area contributed by atoms with Crippen molar-refractivity contribution in [3.05, 3.63) is 35.9 Å². The molecule has 55 heavy (non-hydrogen) atoms. The van der Waals surface area contributed by atoms with Gasteiger partial charge < -0.3 is 53.4 Å². The summed E-state index contributed by atoms with van der Waals surface area (Å²) >= 11 is 4.97. The minimum atomic E-state index is -1.20. The zero-order valence-electron chi connectivity index (χ0n) is 32.3. The third-order valence-electron chi connectivity index (χ3n) is 10.5. The predicted molar refractivity (Wildman–Crippen MR) is 212 cm³/mol. The lowest BCUT2D eigenvalue weighted by atomic mass is 9.95. The molecule has 3 rings (SSSR count). The van der Waals surface area contributed by atoms with Crippen LogP contribution in [-0.4, -0.2) is 117 Å². The second-order valence-electron chi connectivity index (χ2n) is 14.7. The summed E-state index contributed by atoms with van der Waals surface area (Å²) in [5.41, 5.74) is 17.9. The highest BCUT2D eigenvalue weighted by molar-refractivity contribution is 7.80. The summed E-state index contributed by atoms with van der Waals surface area (Å²) < 4.78 is 0. The third-order valence-corrected chi connectivity index (χ3v) is 10.7. The highest BCUT2D eigenvalue weighted by atomic mass is 32.1. The van der Waals surface area contributed by atoms with Crippen molar-refractivity contribution in [3.63, 3.8) is 0 Å². The number of carbonyl (C=O) groups is 6. The summed E-state index contributed by atoms with van der Waals surface area (Å²) in [6.07, 6.45) is 4.53. The van der Waals surface area contributed by atoms with Gasteiger partial charge in [0.05, 0.1) is 0 Å². The molecular weight excluding hydrogens is 727 g/mol. The van der Waals surface area contributed by atoms with E-state index in [0.29, 0.717) is 64.5 Å². The van der Waals surface area contributed by atoms with Gasteiger partial charge in [-0.05, 0) is 101 Å². The minimum Gasteiger partial charge on any atom is -0.480 e. The molecule has 8 atom stereocenters. The second-order valence-corrected chi connectivity index (χ2v) is 15.1. The summed E-state index contributed by atoms with van der Waals surface area (Å²) in [7, 11) is 0. The van der Waals surface area contributed by atoms with Crippen molar-refractivity contribution in [3.8, 4) is 0 Å². The minimum absolute atomic E-state index is 0.0162. The Kier molecular flexibility index (Phi) is 18.2. The Hall–Kier alpha value is -4.35. The van der Waals surface area contributed by atoms with Gasteiger partial charge in [0, 0.05) is 19.0 Å². The maximum atomic E-state index is 14.2. The molecule has 0 radical (unpaired) electrons. The molecule has 0 saturated carbocycles. The van der Waals surface area contributed by atoms with Crippen LogP contribution in [0.25, 0.3) is 0 Å². The smallest absolute Gasteiger partial charge is 0.326 e. The number of nitrogens with one attached hydrogen (secondary N) is 4. The fraction of sp³-hybridized carbons (Fsp3) is 0.658. The quantitative estimate of drug-likeness (QED) is 0.0582. The van der Waals surface area contributed by atoms with E-state index in [2.05, 4.69) is 21.3 Å². The van der Waals surface area contributed by atoms with Crippen molar-refractivity contribution in [1.82, 2.24) is 31.1 Å². The molecule has 0 aliphatic carbocycles. The number of aliphatic carboxylic acids is 1. The monoisotopic (exact) mass is 787 g/mol. The number of rotatable bonds is 22. The predicted octanol–water partition coefficient (Wildman–Crippen LogP) is 0.254. The van der Waals surface area contributed by atoms with E-state index in [-0.39, 0.29) is 48.8 Å². The highest BCUT2D eigenvalue weighted by Gasteiger charge is 2.46. The van der Waals surface area contributed by atoms with Crippen LogP contribution >= 0.6 is 12.2 Å². The van der Waals surface area contributed by atoms with Crippen LogP contribution < -0.4 is 38.5 Å². The van der Waals surface area contributed by atoms with Crippen LogP contribution in [0.4, 0.5) is 0 Å². The van der Waals surface area contributed by atoms with Crippen LogP contribution in [-0.2, 0) is 35.2 Å². The number of amides is 5. The van der Waals surface area contributed by atoms with Crippen molar-refractivity contribution in [1.29, 1.82) is 0 Å². The first-order chi connectivity index (χ1) is 26.2.